The number of carbonyl (C=O) groups is 2. The van der Waals surface area contributed by atoms with Crippen molar-refractivity contribution in [3.8, 4) is 11.8 Å². The fraction of sp³-hybridized carbons (Fsp3) is 0.250. The maximum absolute atomic E-state index is 12.1. The van der Waals surface area contributed by atoms with Crippen LogP contribution in [0.15, 0.2) is 48.5 Å². The second-order valence-corrected chi connectivity index (χ2v) is 5.45. The van der Waals surface area contributed by atoms with Crippen molar-refractivity contribution in [2.75, 3.05) is 6.61 Å². The van der Waals surface area contributed by atoms with Gasteiger partial charge < -0.3 is 9.47 Å². The van der Waals surface area contributed by atoms with Crippen LogP contribution in [0.3, 0.4) is 0 Å². The number of esters is 2. The van der Waals surface area contributed by atoms with Crippen molar-refractivity contribution in [2.24, 2.45) is 0 Å². The monoisotopic (exact) mass is 337 g/mol. The third kappa shape index (κ3) is 5.47. The van der Waals surface area contributed by atoms with Crippen LogP contribution in [-0.4, -0.2) is 18.5 Å². The third-order valence-electron chi connectivity index (χ3n) is 3.53. The summed E-state index contributed by atoms with van der Waals surface area (Å²) >= 11 is 0. The first-order chi connectivity index (χ1) is 12.1. The largest absolute Gasteiger partial charge is 0.462 e. The van der Waals surface area contributed by atoms with E-state index < -0.39 is 11.9 Å². The summed E-state index contributed by atoms with van der Waals surface area (Å²) in [5, 5.41) is 8.74. The molecule has 0 amide bonds. The fourth-order valence-electron chi connectivity index (χ4n) is 2.11. The van der Waals surface area contributed by atoms with Gasteiger partial charge in [0.25, 0.3) is 0 Å². The van der Waals surface area contributed by atoms with E-state index in [1.807, 2.05) is 6.07 Å². The number of hydrogen-bond donors (Lipinski definition) is 0. The molecule has 5 heteroatoms. The van der Waals surface area contributed by atoms with Crippen molar-refractivity contribution in [1.29, 1.82) is 5.26 Å². The van der Waals surface area contributed by atoms with Crippen LogP contribution in [-0.2, 0) is 4.74 Å². The van der Waals surface area contributed by atoms with Crippen molar-refractivity contribution in [3.63, 3.8) is 0 Å². The lowest BCUT2D eigenvalue weighted by Crippen LogP contribution is -2.10. The molecule has 0 heterocycles. The molecule has 0 aliphatic heterocycles. The molecule has 2 aromatic rings. The molecule has 2 aromatic carbocycles. The summed E-state index contributed by atoms with van der Waals surface area (Å²) in [7, 11) is 0. The van der Waals surface area contributed by atoms with E-state index in [0.29, 0.717) is 29.0 Å². The number of nitriles is 1. The van der Waals surface area contributed by atoms with Gasteiger partial charge in [-0.25, -0.2) is 9.59 Å². The fourth-order valence-corrected chi connectivity index (χ4v) is 2.11. The molecule has 0 aromatic heterocycles. The molecule has 0 atom stereocenters. The number of unbranched alkanes of at least 4 members (excludes halogenated alkanes) is 2. The summed E-state index contributed by atoms with van der Waals surface area (Å²) in [6, 6.07) is 14.4. The Bertz CT molecular complexity index is 758. The molecule has 0 N–H and O–H groups in total. The maximum atomic E-state index is 12.1. The van der Waals surface area contributed by atoms with Crippen LogP contribution in [0, 0.1) is 11.3 Å². The zero-order valence-electron chi connectivity index (χ0n) is 14.0. The zero-order chi connectivity index (χ0) is 18.1. The van der Waals surface area contributed by atoms with E-state index in [2.05, 4.69) is 6.92 Å². The van der Waals surface area contributed by atoms with Gasteiger partial charge in [-0.2, -0.15) is 5.26 Å². The standard InChI is InChI=1S/C20H19NO4/c1-2-3-4-13-24-19(22)16-7-9-17(10-8-16)20(23)25-18-11-5-15(14-21)6-12-18/h5-12H,2-4,13H2,1H3. The van der Waals surface area contributed by atoms with Crippen LogP contribution in [0.4, 0.5) is 0 Å². The molecule has 128 valence electrons. The zero-order valence-corrected chi connectivity index (χ0v) is 14.0. The highest BCUT2D eigenvalue weighted by Crippen LogP contribution is 2.15. The first-order valence-corrected chi connectivity index (χ1v) is 8.13. The number of benzene rings is 2. The van der Waals surface area contributed by atoms with Crippen molar-refractivity contribution in [3.05, 3.63) is 65.2 Å². The first-order valence-electron chi connectivity index (χ1n) is 8.13. The highest BCUT2D eigenvalue weighted by atomic mass is 16.5. The van der Waals surface area contributed by atoms with E-state index in [-0.39, 0.29) is 0 Å². The molecule has 0 saturated carbocycles. The highest BCUT2D eigenvalue weighted by molar-refractivity contribution is 5.94. The summed E-state index contributed by atoms with van der Waals surface area (Å²) in [5.74, 6) is -0.584. The lowest BCUT2D eigenvalue weighted by Gasteiger charge is -2.06. The molecule has 0 aliphatic carbocycles. The molecular weight excluding hydrogens is 318 g/mol. The number of ether oxygens (including phenoxy) is 2. The number of carbonyl (C=O) groups excluding carboxylic acids is 2. The second-order valence-electron chi connectivity index (χ2n) is 5.45. The summed E-state index contributed by atoms with van der Waals surface area (Å²) < 4.78 is 10.4. The van der Waals surface area contributed by atoms with Crippen LogP contribution in [0.5, 0.6) is 5.75 Å². The molecule has 0 aliphatic rings. The predicted molar refractivity (Wildman–Crippen MR) is 92.4 cm³/mol. The Morgan fingerprint density at radius 2 is 1.52 bits per heavy atom. The Kier molecular flexibility index (Phi) is 6.73. The number of hydrogen-bond acceptors (Lipinski definition) is 5. The van der Waals surface area contributed by atoms with Gasteiger partial charge in [0.1, 0.15) is 5.75 Å². The summed E-state index contributed by atoms with van der Waals surface area (Å²) in [6.07, 6.45) is 2.93. The Labute approximate surface area is 146 Å². The third-order valence-corrected chi connectivity index (χ3v) is 3.53. The summed E-state index contributed by atoms with van der Waals surface area (Å²) in [6.45, 7) is 2.48. The van der Waals surface area contributed by atoms with E-state index in [1.165, 1.54) is 24.3 Å². The lowest BCUT2D eigenvalue weighted by molar-refractivity contribution is 0.0497. The van der Waals surface area contributed by atoms with E-state index in [0.717, 1.165) is 19.3 Å². The van der Waals surface area contributed by atoms with Gasteiger partial charge in [0.15, 0.2) is 0 Å². The first kappa shape index (κ1) is 18.2. The van der Waals surface area contributed by atoms with Gasteiger partial charge in [0.2, 0.25) is 0 Å². The van der Waals surface area contributed by atoms with Crippen molar-refractivity contribution in [2.45, 2.75) is 26.2 Å². The summed E-state index contributed by atoms with van der Waals surface area (Å²) in [4.78, 5) is 24.0. The van der Waals surface area contributed by atoms with Gasteiger partial charge in [0.05, 0.1) is 29.4 Å². The quantitative estimate of drug-likeness (QED) is 0.431. The molecule has 0 saturated heterocycles. The molecule has 5 nitrogen and oxygen atoms in total. The minimum atomic E-state index is -0.535. The average Bonchev–Trinajstić information content (AvgIpc) is 2.66. The van der Waals surface area contributed by atoms with Gasteiger partial charge in [-0.05, 0) is 55.0 Å². The van der Waals surface area contributed by atoms with Crippen molar-refractivity contribution < 1.29 is 19.1 Å². The molecule has 0 radical (unpaired) electrons. The molecule has 0 fully saturated rings. The smallest absolute Gasteiger partial charge is 0.343 e. The van der Waals surface area contributed by atoms with Gasteiger partial charge in [-0.1, -0.05) is 19.8 Å². The van der Waals surface area contributed by atoms with Crippen LogP contribution in [0.2, 0.25) is 0 Å². The highest BCUT2D eigenvalue weighted by Gasteiger charge is 2.11. The Hall–Kier alpha value is -3.13. The van der Waals surface area contributed by atoms with Crippen molar-refractivity contribution >= 4 is 11.9 Å². The SMILES string of the molecule is CCCCCOC(=O)c1ccc(C(=O)Oc2ccc(C#N)cc2)cc1. The Morgan fingerprint density at radius 3 is 2.08 bits per heavy atom. The molecule has 0 spiro atoms. The second kappa shape index (κ2) is 9.24. The van der Waals surface area contributed by atoms with E-state index in [4.69, 9.17) is 14.7 Å². The predicted octanol–water partition coefficient (Wildman–Crippen LogP) is 4.12. The van der Waals surface area contributed by atoms with E-state index in [9.17, 15) is 9.59 Å². The average molecular weight is 337 g/mol. The van der Waals surface area contributed by atoms with Gasteiger partial charge in [-0.15, -0.1) is 0 Å². The van der Waals surface area contributed by atoms with Gasteiger partial charge >= 0.3 is 11.9 Å². The van der Waals surface area contributed by atoms with E-state index >= 15 is 0 Å². The van der Waals surface area contributed by atoms with Gasteiger partial charge in [-0.3, -0.25) is 0 Å². The van der Waals surface area contributed by atoms with Crippen LogP contribution < -0.4 is 4.74 Å². The normalized spacial score (nSPS) is 9.92. The maximum Gasteiger partial charge on any atom is 0.343 e. The molecule has 25 heavy (non-hydrogen) atoms. The minimum absolute atomic E-state index is 0.326. The Morgan fingerprint density at radius 1 is 0.920 bits per heavy atom. The Balaban J connectivity index is 1.93. The molecule has 0 bridgehead atoms. The summed E-state index contributed by atoms with van der Waals surface area (Å²) in [5.41, 5.74) is 1.21. The molecule has 0 unspecified atom stereocenters. The molecular formula is C20H19NO4. The topological polar surface area (TPSA) is 76.4 Å². The van der Waals surface area contributed by atoms with Gasteiger partial charge in [0, 0.05) is 0 Å². The molecule has 2 rings (SSSR count). The van der Waals surface area contributed by atoms with E-state index in [1.54, 1.807) is 24.3 Å². The number of rotatable bonds is 7. The van der Waals surface area contributed by atoms with Crippen LogP contribution >= 0.6 is 0 Å². The lowest BCUT2D eigenvalue weighted by atomic mass is 10.1. The van der Waals surface area contributed by atoms with Crippen molar-refractivity contribution in [1.82, 2.24) is 0 Å². The van der Waals surface area contributed by atoms with Crippen LogP contribution in [0.1, 0.15) is 52.5 Å². The minimum Gasteiger partial charge on any atom is -0.462 e. The number of nitrogens with zero attached hydrogens (tertiary/aromatic N) is 1. The van der Waals surface area contributed by atoms with Crippen LogP contribution in [0.25, 0.3) is 0 Å².